The molecular weight excluding hydrogens is 316 g/mol. The Bertz CT molecular complexity index is 731. The summed E-state index contributed by atoms with van der Waals surface area (Å²) < 4.78 is 0. The molecule has 0 unspecified atom stereocenters. The highest BCUT2D eigenvalue weighted by Gasteiger charge is 2.07. The summed E-state index contributed by atoms with van der Waals surface area (Å²) >= 11 is 0. The molecule has 0 saturated carbocycles. The Morgan fingerprint density at radius 2 is 1.84 bits per heavy atom. The molecule has 6 nitrogen and oxygen atoms in total. The van der Waals surface area contributed by atoms with Crippen LogP contribution in [-0.4, -0.2) is 23.3 Å². The Balaban J connectivity index is 2.01. The average Bonchev–Trinajstić information content (AvgIpc) is 2.58. The molecule has 25 heavy (non-hydrogen) atoms. The predicted octanol–water partition coefficient (Wildman–Crippen LogP) is 3.70. The molecule has 0 aliphatic carbocycles. The van der Waals surface area contributed by atoms with E-state index in [2.05, 4.69) is 27.9 Å². The van der Waals surface area contributed by atoms with Crippen LogP contribution in [0.2, 0.25) is 0 Å². The Hall–Kier alpha value is -2.89. The van der Waals surface area contributed by atoms with Crippen molar-refractivity contribution in [2.75, 3.05) is 17.2 Å². The molecule has 6 heteroatoms. The van der Waals surface area contributed by atoms with Gasteiger partial charge in [0.1, 0.15) is 0 Å². The second kappa shape index (κ2) is 9.42. The minimum Gasteiger partial charge on any atom is -0.354 e. The van der Waals surface area contributed by atoms with Gasteiger partial charge in [0, 0.05) is 31.0 Å². The number of aromatic nitrogens is 1. The fourth-order valence-corrected chi connectivity index (χ4v) is 2.36. The summed E-state index contributed by atoms with van der Waals surface area (Å²) in [5, 5.41) is 8.83. The van der Waals surface area contributed by atoms with Crippen molar-refractivity contribution >= 4 is 28.9 Å². The molecule has 1 heterocycles. The summed E-state index contributed by atoms with van der Waals surface area (Å²) in [7, 11) is 0. The predicted molar refractivity (Wildman–Crippen MR) is 100 cm³/mol. The second-order valence-electron chi connectivity index (χ2n) is 5.81. The number of hydrogen-bond donors (Lipinski definition) is 3. The van der Waals surface area contributed by atoms with Crippen LogP contribution < -0.4 is 16.0 Å². The highest BCUT2D eigenvalue weighted by molar-refractivity contribution is 5.95. The van der Waals surface area contributed by atoms with Crippen molar-refractivity contribution in [3.05, 3.63) is 48.3 Å². The van der Waals surface area contributed by atoms with Crippen LogP contribution in [0.25, 0.3) is 0 Å². The molecule has 0 radical (unpaired) electrons. The van der Waals surface area contributed by atoms with E-state index in [1.165, 1.54) is 6.92 Å². The zero-order chi connectivity index (χ0) is 18.1. The van der Waals surface area contributed by atoms with Crippen molar-refractivity contribution in [1.29, 1.82) is 0 Å². The first-order chi connectivity index (χ1) is 12.1. The monoisotopic (exact) mass is 340 g/mol. The van der Waals surface area contributed by atoms with E-state index in [1.54, 1.807) is 18.5 Å². The van der Waals surface area contributed by atoms with Gasteiger partial charge in [-0.05, 0) is 30.7 Å². The van der Waals surface area contributed by atoms with Crippen LogP contribution in [0.3, 0.4) is 0 Å². The molecule has 0 saturated heterocycles. The van der Waals surface area contributed by atoms with Gasteiger partial charge in [0.25, 0.3) is 5.91 Å². The molecular formula is C19H24N4O2. The lowest BCUT2D eigenvalue weighted by atomic mass is 10.2. The number of anilines is 3. The summed E-state index contributed by atoms with van der Waals surface area (Å²) in [5.41, 5.74) is 2.73. The maximum atomic E-state index is 12.2. The molecule has 0 fully saturated rings. The van der Waals surface area contributed by atoms with E-state index in [1.807, 2.05) is 24.3 Å². The fraction of sp³-hybridized carbons (Fsp3) is 0.316. The summed E-state index contributed by atoms with van der Waals surface area (Å²) in [6, 6.07) is 9.10. The first-order valence-corrected chi connectivity index (χ1v) is 8.46. The van der Waals surface area contributed by atoms with Crippen LogP contribution in [-0.2, 0) is 4.79 Å². The number of benzene rings is 1. The molecule has 0 spiro atoms. The van der Waals surface area contributed by atoms with Gasteiger partial charge < -0.3 is 16.0 Å². The first-order valence-electron chi connectivity index (χ1n) is 8.46. The van der Waals surface area contributed by atoms with E-state index in [-0.39, 0.29) is 11.8 Å². The Labute approximate surface area is 148 Å². The van der Waals surface area contributed by atoms with Gasteiger partial charge in [0.05, 0.1) is 17.4 Å². The summed E-state index contributed by atoms with van der Waals surface area (Å²) in [4.78, 5) is 27.4. The number of carbonyl (C=O) groups is 2. The summed E-state index contributed by atoms with van der Waals surface area (Å²) in [6.45, 7) is 4.26. The molecule has 2 amide bonds. The van der Waals surface area contributed by atoms with Crippen molar-refractivity contribution in [3.63, 3.8) is 0 Å². The maximum absolute atomic E-state index is 12.2. The number of hydrogen-bond acceptors (Lipinski definition) is 4. The van der Waals surface area contributed by atoms with Gasteiger partial charge in [-0.15, -0.1) is 0 Å². The maximum Gasteiger partial charge on any atom is 0.252 e. The first kappa shape index (κ1) is 18.4. The largest absolute Gasteiger partial charge is 0.354 e. The molecule has 2 aromatic rings. The van der Waals surface area contributed by atoms with E-state index in [4.69, 9.17) is 0 Å². The van der Waals surface area contributed by atoms with Crippen molar-refractivity contribution < 1.29 is 9.59 Å². The smallest absolute Gasteiger partial charge is 0.252 e. The van der Waals surface area contributed by atoms with E-state index in [9.17, 15) is 9.59 Å². The number of unbranched alkanes of at least 4 members (excludes halogenated alkanes) is 2. The van der Waals surface area contributed by atoms with Crippen LogP contribution in [0, 0.1) is 0 Å². The number of rotatable bonds is 8. The third kappa shape index (κ3) is 6.25. The van der Waals surface area contributed by atoms with E-state index in [0.29, 0.717) is 23.5 Å². The SMILES string of the molecule is CCCCCNC(=O)c1cncc(Nc2cccc(NC(C)=O)c2)c1. The molecule has 132 valence electrons. The molecule has 3 N–H and O–H groups in total. The number of amides is 2. The summed E-state index contributed by atoms with van der Waals surface area (Å²) in [6.07, 6.45) is 6.40. The minimum absolute atomic E-state index is 0.124. The quantitative estimate of drug-likeness (QED) is 0.640. The third-order valence-electron chi connectivity index (χ3n) is 3.54. The van der Waals surface area contributed by atoms with Crippen molar-refractivity contribution in [2.24, 2.45) is 0 Å². The Kier molecular flexibility index (Phi) is 6.95. The van der Waals surface area contributed by atoms with Crippen LogP contribution >= 0.6 is 0 Å². The van der Waals surface area contributed by atoms with Crippen molar-refractivity contribution in [3.8, 4) is 0 Å². The van der Waals surface area contributed by atoms with E-state index >= 15 is 0 Å². The lowest BCUT2D eigenvalue weighted by Crippen LogP contribution is -2.24. The van der Waals surface area contributed by atoms with Gasteiger partial charge in [0.2, 0.25) is 5.91 Å². The van der Waals surface area contributed by atoms with Gasteiger partial charge in [-0.1, -0.05) is 25.8 Å². The molecule has 0 atom stereocenters. The number of carbonyl (C=O) groups excluding carboxylic acids is 2. The lowest BCUT2D eigenvalue weighted by Gasteiger charge is -2.10. The number of nitrogens with zero attached hydrogens (tertiary/aromatic N) is 1. The van der Waals surface area contributed by atoms with E-state index in [0.717, 1.165) is 24.9 Å². The van der Waals surface area contributed by atoms with Gasteiger partial charge >= 0.3 is 0 Å². The molecule has 1 aromatic heterocycles. The van der Waals surface area contributed by atoms with Crippen LogP contribution in [0.1, 0.15) is 43.5 Å². The van der Waals surface area contributed by atoms with Crippen molar-refractivity contribution in [2.45, 2.75) is 33.1 Å². The van der Waals surface area contributed by atoms with Crippen LogP contribution in [0.15, 0.2) is 42.7 Å². The fourth-order valence-electron chi connectivity index (χ4n) is 2.36. The number of pyridine rings is 1. The van der Waals surface area contributed by atoms with Gasteiger partial charge in [-0.3, -0.25) is 14.6 Å². The standard InChI is InChI=1S/C19H24N4O2/c1-3-4-5-9-21-19(25)15-10-18(13-20-12-15)23-17-8-6-7-16(11-17)22-14(2)24/h6-8,10-13,23H,3-5,9H2,1-2H3,(H,21,25)(H,22,24). The normalized spacial score (nSPS) is 10.2. The summed E-state index contributed by atoms with van der Waals surface area (Å²) in [5.74, 6) is -0.250. The molecule has 0 aliphatic heterocycles. The lowest BCUT2D eigenvalue weighted by molar-refractivity contribution is -0.114. The van der Waals surface area contributed by atoms with Gasteiger partial charge in [0.15, 0.2) is 0 Å². The third-order valence-corrected chi connectivity index (χ3v) is 3.54. The second-order valence-corrected chi connectivity index (χ2v) is 5.81. The molecule has 1 aromatic carbocycles. The Morgan fingerprint density at radius 1 is 1.04 bits per heavy atom. The van der Waals surface area contributed by atoms with Crippen LogP contribution in [0.4, 0.5) is 17.1 Å². The highest BCUT2D eigenvalue weighted by atomic mass is 16.2. The molecule has 2 rings (SSSR count). The van der Waals surface area contributed by atoms with Gasteiger partial charge in [-0.2, -0.15) is 0 Å². The zero-order valence-corrected chi connectivity index (χ0v) is 14.6. The average molecular weight is 340 g/mol. The van der Waals surface area contributed by atoms with Crippen molar-refractivity contribution in [1.82, 2.24) is 10.3 Å². The zero-order valence-electron chi connectivity index (χ0n) is 14.6. The Morgan fingerprint density at radius 3 is 2.60 bits per heavy atom. The number of nitrogens with one attached hydrogen (secondary N) is 3. The topological polar surface area (TPSA) is 83.1 Å². The molecule has 0 bridgehead atoms. The highest BCUT2D eigenvalue weighted by Crippen LogP contribution is 2.20. The van der Waals surface area contributed by atoms with E-state index < -0.39 is 0 Å². The van der Waals surface area contributed by atoms with Gasteiger partial charge in [-0.25, -0.2) is 0 Å². The minimum atomic E-state index is -0.126. The molecule has 0 aliphatic rings. The van der Waals surface area contributed by atoms with Crippen LogP contribution in [0.5, 0.6) is 0 Å².